The highest BCUT2D eigenvalue weighted by Crippen LogP contribution is 2.77. The van der Waals surface area contributed by atoms with Crippen molar-refractivity contribution in [2.45, 2.75) is 113 Å². The lowest BCUT2D eigenvalue weighted by Crippen LogP contribution is -2.66. The van der Waals surface area contributed by atoms with Crippen LogP contribution in [0.3, 0.4) is 0 Å². The number of rotatable bonds is 11. The number of carbonyl (C=O) groups excluding carboxylic acids is 1. The molecule has 4 saturated carbocycles. The van der Waals surface area contributed by atoms with E-state index in [0.29, 0.717) is 54.8 Å². The number of fused-ring (bicyclic) bond motifs is 7. The third kappa shape index (κ3) is 5.92. The number of amides is 1. The van der Waals surface area contributed by atoms with E-state index in [1.54, 1.807) is 12.1 Å². The molecule has 1 aromatic carbocycles. The highest BCUT2D eigenvalue weighted by atomic mass is 16.4. The van der Waals surface area contributed by atoms with E-state index in [1.165, 1.54) is 30.4 Å². The molecule has 0 unspecified atom stereocenters. The van der Waals surface area contributed by atoms with Crippen LogP contribution in [-0.2, 0) is 9.59 Å². The number of carbonyl (C=O) groups is 3. The molecule has 6 rings (SSSR count). The van der Waals surface area contributed by atoms with Crippen molar-refractivity contribution >= 4 is 23.4 Å². The van der Waals surface area contributed by atoms with Gasteiger partial charge in [0.25, 0.3) is 0 Å². The fourth-order valence-corrected chi connectivity index (χ4v) is 13.6. The largest absolute Gasteiger partial charge is 0.481 e. The molecule has 0 heterocycles. The number of hydrogen-bond acceptors (Lipinski definition) is 4. The average Bonchev–Trinajstić information content (AvgIpc) is 3.48. The summed E-state index contributed by atoms with van der Waals surface area (Å²) in [5.74, 6) is 0.806. The molecule has 0 aromatic heterocycles. The Morgan fingerprint density at radius 2 is 1.59 bits per heavy atom. The lowest BCUT2D eigenvalue weighted by Gasteiger charge is -2.72. The zero-order valence-electron chi connectivity index (χ0n) is 32.4. The highest BCUT2D eigenvalue weighted by Gasteiger charge is 2.71. The first kappa shape index (κ1) is 37.8. The molecule has 0 spiro atoms. The van der Waals surface area contributed by atoms with Crippen LogP contribution in [0.2, 0.25) is 0 Å². The maximum Gasteiger partial charge on any atom is 0.335 e. The van der Waals surface area contributed by atoms with Crippen LogP contribution >= 0.6 is 0 Å². The minimum absolute atomic E-state index is 0.0336. The van der Waals surface area contributed by atoms with Crippen LogP contribution in [0, 0.1) is 56.7 Å². The second kappa shape index (κ2) is 13.5. The SMILES string of the molecule is C=C(C)[C@@H]1CC[C@]2(C(=O)NCCN(CC)CCC(=O)O)CC[C@]3(C)[C@H](CC[C@@H]4[C@@]5(C)CC=C(c6ccc(C(=O)O)cc6)C(C)(C)[C@@H]5CC[C@]43C)[C@@H]12. The van der Waals surface area contributed by atoms with Gasteiger partial charge in [0.1, 0.15) is 0 Å². The number of carboxylic acids is 2. The molecule has 1 aromatic rings. The van der Waals surface area contributed by atoms with Gasteiger partial charge in [-0.05, 0) is 146 Å². The molecule has 280 valence electrons. The fraction of sp³-hybridized carbons (Fsp3) is 0.705. The normalized spacial score (nSPS) is 38.0. The van der Waals surface area contributed by atoms with E-state index in [4.69, 9.17) is 5.11 Å². The van der Waals surface area contributed by atoms with E-state index in [-0.39, 0.29) is 39.4 Å². The van der Waals surface area contributed by atoms with Gasteiger partial charge in [0.15, 0.2) is 0 Å². The van der Waals surface area contributed by atoms with E-state index in [0.717, 1.165) is 50.6 Å². The summed E-state index contributed by atoms with van der Waals surface area (Å²) < 4.78 is 0. The van der Waals surface area contributed by atoms with E-state index < -0.39 is 11.9 Å². The molecule has 1 amide bonds. The second-order valence-corrected chi connectivity index (χ2v) is 18.6. The van der Waals surface area contributed by atoms with Gasteiger partial charge in [0, 0.05) is 19.6 Å². The highest BCUT2D eigenvalue weighted by molar-refractivity contribution is 5.88. The number of aromatic carboxylic acids is 1. The van der Waals surface area contributed by atoms with Crippen LogP contribution in [-0.4, -0.2) is 59.1 Å². The summed E-state index contributed by atoms with van der Waals surface area (Å²) in [6, 6.07) is 7.50. The van der Waals surface area contributed by atoms with Crippen LogP contribution in [0.15, 0.2) is 42.5 Å². The quantitative estimate of drug-likeness (QED) is 0.199. The summed E-state index contributed by atoms with van der Waals surface area (Å²) >= 11 is 0. The van der Waals surface area contributed by atoms with E-state index in [1.807, 2.05) is 19.1 Å². The zero-order valence-corrected chi connectivity index (χ0v) is 32.4. The molecule has 0 bridgehead atoms. The molecule has 0 saturated heterocycles. The van der Waals surface area contributed by atoms with Gasteiger partial charge in [0.2, 0.25) is 5.91 Å². The van der Waals surface area contributed by atoms with E-state index in [9.17, 15) is 19.5 Å². The molecule has 51 heavy (non-hydrogen) atoms. The number of likely N-dealkylation sites (N-methyl/N-ethyl adjacent to an activating group) is 1. The zero-order chi connectivity index (χ0) is 37.1. The second-order valence-electron chi connectivity index (χ2n) is 18.6. The van der Waals surface area contributed by atoms with Gasteiger partial charge in [-0.25, -0.2) is 4.79 Å². The van der Waals surface area contributed by atoms with Gasteiger partial charge in [-0.3, -0.25) is 9.59 Å². The van der Waals surface area contributed by atoms with Crippen LogP contribution in [0.4, 0.5) is 0 Å². The number of benzene rings is 1. The maximum atomic E-state index is 14.5. The molecule has 3 N–H and O–H groups in total. The van der Waals surface area contributed by atoms with Crippen molar-refractivity contribution in [2.75, 3.05) is 26.2 Å². The van der Waals surface area contributed by atoms with Crippen LogP contribution in [0.1, 0.15) is 129 Å². The summed E-state index contributed by atoms with van der Waals surface area (Å²) in [4.78, 5) is 39.3. The van der Waals surface area contributed by atoms with Crippen molar-refractivity contribution in [2.24, 2.45) is 56.7 Å². The number of nitrogens with one attached hydrogen (secondary N) is 1. The Morgan fingerprint density at radius 1 is 0.882 bits per heavy atom. The Bertz CT molecular complexity index is 1580. The van der Waals surface area contributed by atoms with Gasteiger partial charge in [-0.1, -0.05) is 71.9 Å². The van der Waals surface area contributed by atoms with Gasteiger partial charge in [-0.2, -0.15) is 0 Å². The minimum Gasteiger partial charge on any atom is -0.481 e. The summed E-state index contributed by atoms with van der Waals surface area (Å²) in [6.07, 6.45) is 12.4. The molecule has 9 atom stereocenters. The molecule has 0 aliphatic heterocycles. The van der Waals surface area contributed by atoms with E-state index in [2.05, 4.69) is 64.4 Å². The van der Waals surface area contributed by atoms with Crippen molar-refractivity contribution < 1.29 is 24.6 Å². The smallest absolute Gasteiger partial charge is 0.335 e. The van der Waals surface area contributed by atoms with Crippen molar-refractivity contribution in [1.82, 2.24) is 10.2 Å². The molecule has 5 aliphatic carbocycles. The van der Waals surface area contributed by atoms with Crippen LogP contribution < -0.4 is 5.32 Å². The molecule has 7 nitrogen and oxygen atoms in total. The first-order chi connectivity index (χ1) is 24.0. The Morgan fingerprint density at radius 3 is 2.22 bits per heavy atom. The molecule has 5 aliphatic rings. The number of aliphatic carboxylic acids is 1. The van der Waals surface area contributed by atoms with Gasteiger partial charge < -0.3 is 20.4 Å². The minimum atomic E-state index is -0.886. The summed E-state index contributed by atoms with van der Waals surface area (Å²) in [6.45, 7) is 23.9. The van der Waals surface area contributed by atoms with Crippen LogP contribution in [0.25, 0.3) is 5.57 Å². The molecule has 7 heteroatoms. The van der Waals surface area contributed by atoms with Crippen molar-refractivity contribution in [1.29, 1.82) is 0 Å². The summed E-state index contributed by atoms with van der Waals surface area (Å²) in [7, 11) is 0. The van der Waals surface area contributed by atoms with Gasteiger partial charge in [-0.15, -0.1) is 0 Å². The molecular weight excluding hydrogens is 636 g/mol. The number of carboxylic acid groups (broad SMARTS) is 2. The number of hydrogen-bond donors (Lipinski definition) is 3. The monoisotopic (exact) mass is 700 g/mol. The average molecular weight is 701 g/mol. The van der Waals surface area contributed by atoms with Gasteiger partial charge >= 0.3 is 11.9 Å². The fourth-order valence-electron chi connectivity index (χ4n) is 13.6. The Balaban J connectivity index is 1.26. The Hall–Kier alpha value is -2.93. The van der Waals surface area contributed by atoms with Crippen molar-refractivity contribution in [3.05, 3.63) is 53.6 Å². The molecular formula is C44H64N2O5. The Kier molecular flexibility index (Phi) is 10.00. The topological polar surface area (TPSA) is 107 Å². The summed E-state index contributed by atoms with van der Waals surface area (Å²) in [5.41, 5.74) is 4.13. The third-order valence-corrected chi connectivity index (χ3v) is 16.3. The van der Waals surface area contributed by atoms with Crippen LogP contribution in [0.5, 0.6) is 0 Å². The number of nitrogens with zero attached hydrogens (tertiary/aromatic N) is 1. The standard InChI is InChI=1S/C44H64N2O5/c1-9-46(26-19-36(47)48)27-25-45-39(51)44-22-16-31(28(2)3)37(44)33-14-15-35-41(6)20-17-32(29-10-12-30(13-11-29)38(49)50)40(4,5)34(41)18-21-43(35,8)42(33,7)23-24-44/h10-13,17,31,33-35,37H,2,9,14-16,18-27H2,1,3-8H3,(H,45,51)(H,47,48)(H,49,50)/t31-,33+,34-,35+,37+,41-,42+,43+,44-/m0/s1. The summed E-state index contributed by atoms with van der Waals surface area (Å²) in [5, 5.41) is 22.0. The predicted octanol–water partition coefficient (Wildman–Crippen LogP) is 8.95. The first-order valence-electron chi connectivity index (χ1n) is 19.9. The first-order valence-corrected chi connectivity index (χ1v) is 19.9. The van der Waals surface area contributed by atoms with Crippen molar-refractivity contribution in [3.63, 3.8) is 0 Å². The van der Waals surface area contributed by atoms with Gasteiger partial charge in [0.05, 0.1) is 17.4 Å². The molecule has 0 radical (unpaired) electrons. The lowest BCUT2D eigenvalue weighted by molar-refractivity contribution is -0.225. The lowest BCUT2D eigenvalue weighted by atomic mass is 9.32. The number of allylic oxidation sites excluding steroid dienone is 3. The van der Waals surface area contributed by atoms with E-state index >= 15 is 0 Å². The Labute approximate surface area is 306 Å². The third-order valence-electron chi connectivity index (χ3n) is 16.3. The molecule has 4 fully saturated rings. The predicted molar refractivity (Wildman–Crippen MR) is 203 cm³/mol. The maximum absolute atomic E-state index is 14.5. The van der Waals surface area contributed by atoms with Crippen molar-refractivity contribution in [3.8, 4) is 0 Å².